The second kappa shape index (κ2) is 6.10. The summed E-state index contributed by atoms with van der Waals surface area (Å²) in [4.78, 5) is 12.3. The van der Waals surface area contributed by atoms with E-state index in [-0.39, 0.29) is 17.9 Å². The largest absolute Gasteiger partial charge is 0.393 e. The summed E-state index contributed by atoms with van der Waals surface area (Å²) in [7, 11) is 0. The maximum absolute atomic E-state index is 12.3. The van der Waals surface area contributed by atoms with Crippen LogP contribution in [0.3, 0.4) is 0 Å². The van der Waals surface area contributed by atoms with Crippen LogP contribution in [0.5, 0.6) is 0 Å². The summed E-state index contributed by atoms with van der Waals surface area (Å²) in [5, 5.41) is 19.2. The average molecular weight is 285 g/mol. The molecule has 21 heavy (non-hydrogen) atoms. The van der Waals surface area contributed by atoms with Gasteiger partial charge in [0.15, 0.2) is 0 Å². The van der Waals surface area contributed by atoms with Gasteiger partial charge in [0.05, 0.1) is 12.3 Å². The van der Waals surface area contributed by atoms with Gasteiger partial charge in [0.2, 0.25) is 5.91 Å². The Bertz CT molecular complexity index is 602. The van der Waals surface area contributed by atoms with E-state index < -0.39 is 0 Å². The zero-order valence-corrected chi connectivity index (χ0v) is 11.7. The topological polar surface area (TPSA) is 78.0 Å². The number of nitrogens with zero attached hydrogens (tertiary/aromatic N) is 1. The molecule has 5 heteroatoms. The van der Waals surface area contributed by atoms with E-state index >= 15 is 0 Å². The van der Waals surface area contributed by atoms with Crippen LogP contribution in [0.15, 0.2) is 36.7 Å². The highest BCUT2D eigenvalue weighted by atomic mass is 16.3. The number of aliphatic hydroxyl groups excluding tert-OH is 1. The normalized spacial score (nSPS) is 22.0. The number of rotatable bonds is 3. The summed E-state index contributed by atoms with van der Waals surface area (Å²) >= 11 is 0. The van der Waals surface area contributed by atoms with Crippen molar-refractivity contribution in [3.63, 3.8) is 0 Å². The van der Waals surface area contributed by atoms with Crippen molar-refractivity contribution in [1.29, 1.82) is 0 Å². The van der Waals surface area contributed by atoms with Gasteiger partial charge in [0, 0.05) is 23.4 Å². The van der Waals surface area contributed by atoms with Crippen LogP contribution in [0.25, 0.3) is 11.1 Å². The van der Waals surface area contributed by atoms with Crippen LogP contribution < -0.4 is 5.32 Å². The molecule has 1 aliphatic rings. The van der Waals surface area contributed by atoms with Gasteiger partial charge < -0.3 is 10.4 Å². The first-order valence-electron chi connectivity index (χ1n) is 7.30. The lowest BCUT2D eigenvalue weighted by atomic mass is 9.87. The number of carbonyl (C=O) groups is 1. The van der Waals surface area contributed by atoms with E-state index in [2.05, 4.69) is 15.5 Å². The molecule has 1 aromatic carbocycles. The molecule has 1 aromatic heterocycles. The molecule has 1 saturated carbocycles. The molecule has 5 nitrogen and oxygen atoms in total. The molecule has 1 aliphatic carbocycles. The number of nitrogens with one attached hydrogen (secondary N) is 2. The number of anilines is 1. The molecule has 0 unspecified atom stereocenters. The Morgan fingerprint density at radius 1 is 1.24 bits per heavy atom. The lowest BCUT2D eigenvalue weighted by molar-refractivity contribution is -0.121. The number of H-pyrrole nitrogens is 1. The number of aromatic nitrogens is 2. The molecule has 2 aromatic rings. The molecule has 1 fully saturated rings. The molecule has 0 bridgehead atoms. The van der Waals surface area contributed by atoms with Crippen molar-refractivity contribution < 1.29 is 9.90 Å². The van der Waals surface area contributed by atoms with Gasteiger partial charge in [-0.1, -0.05) is 12.1 Å². The first kappa shape index (κ1) is 13.8. The number of carbonyl (C=O) groups excluding carboxylic acids is 1. The number of hydrogen-bond acceptors (Lipinski definition) is 3. The molecule has 1 amide bonds. The third-order valence-corrected chi connectivity index (χ3v) is 4.03. The van der Waals surface area contributed by atoms with Crippen LogP contribution in [0.1, 0.15) is 25.7 Å². The van der Waals surface area contributed by atoms with Gasteiger partial charge in [-0.05, 0) is 43.4 Å². The number of benzene rings is 1. The molecule has 110 valence electrons. The molecular formula is C16H19N3O2. The maximum Gasteiger partial charge on any atom is 0.227 e. The molecule has 0 radical (unpaired) electrons. The van der Waals surface area contributed by atoms with E-state index in [1.165, 1.54) is 0 Å². The number of hydrogen-bond donors (Lipinski definition) is 3. The second-order valence-electron chi connectivity index (χ2n) is 5.56. The molecule has 0 spiro atoms. The molecule has 3 N–H and O–H groups in total. The van der Waals surface area contributed by atoms with Gasteiger partial charge in [-0.15, -0.1) is 0 Å². The van der Waals surface area contributed by atoms with Crippen LogP contribution in [0, 0.1) is 5.92 Å². The molecule has 0 saturated heterocycles. The summed E-state index contributed by atoms with van der Waals surface area (Å²) in [6.07, 6.45) is 6.29. The zero-order chi connectivity index (χ0) is 14.7. The van der Waals surface area contributed by atoms with Gasteiger partial charge in [0.25, 0.3) is 0 Å². The van der Waals surface area contributed by atoms with Gasteiger partial charge in [-0.2, -0.15) is 5.10 Å². The highest BCUT2D eigenvalue weighted by Crippen LogP contribution is 2.26. The molecule has 1 heterocycles. The van der Waals surface area contributed by atoms with E-state index in [0.717, 1.165) is 29.7 Å². The average Bonchev–Trinajstić information content (AvgIpc) is 3.02. The van der Waals surface area contributed by atoms with Crippen molar-refractivity contribution >= 4 is 11.6 Å². The summed E-state index contributed by atoms with van der Waals surface area (Å²) < 4.78 is 0. The van der Waals surface area contributed by atoms with Crippen molar-refractivity contribution in [2.24, 2.45) is 5.92 Å². The predicted octanol–water partition coefficient (Wildman–Crippen LogP) is 2.57. The van der Waals surface area contributed by atoms with Crippen molar-refractivity contribution in [3.05, 3.63) is 36.7 Å². The fourth-order valence-electron chi connectivity index (χ4n) is 2.77. The summed E-state index contributed by atoms with van der Waals surface area (Å²) in [5.41, 5.74) is 2.80. The Morgan fingerprint density at radius 2 is 2.05 bits per heavy atom. The van der Waals surface area contributed by atoms with Crippen molar-refractivity contribution in [2.45, 2.75) is 31.8 Å². The minimum Gasteiger partial charge on any atom is -0.393 e. The maximum atomic E-state index is 12.3. The van der Waals surface area contributed by atoms with Gasteiger partial charge in [0.1, 0.15) is 0 Å². The number of aromatic amines is 1. The Kier molecular flexibility index (Phi) is 4.01. The lowest BCUT2D eigenvalue weighted by Gasteiger charge is -2.24. The standard InChI is InChI=1S/C16H19N3O2/c20-15-6-4-11(5-7-15)16(21)19-14-3-1-2-12(8-14)13-9-17-18-10-13/h1-3,8-11,15,20H,4-7H2,(H,17,18)(H,19,21). The van der Waals surface area contributed by atoms with Crippen LogP contribution >= 0.6 is 0 Å². The smallest absolute Gasteiger partial charge is 0.227 e. The van der Waals surface area contributed by atoms with Gasteiger partial charge >= 0.3 is 0 Å². The Labute approximate surface area is 123 Å². The van der Waals surface area contributed by atoms with E-state index in [4.69, 9.17) is 0 Å². The van der Waals surface area contributed by atoms with Gasteiger partial charge in [-0.3, -0.25) is 9.89 Å². The first-order chi connectivity index (χ1) is 10.2. The number of amides is 1. The quantitative estimate of drug-likeness (QED) is 0.811. The van der Waals surface area contributed by atoms with E-state index in [9.17, 15) is 9.90 Å². The fourth-order valence-corrected chi connectivity index (χ4v) is 2.77. The highest BCUT2D eigenvalue weighted by molar-refractivity contribution is 5.93. The zero-order valence-electron chi connectivity index (χ0n) is 11.7. The Hall–Kier alpha value is -2.14. The summed E-state index contributed by atoms with van der Waals surface area (Å²) in [5.74, 6) is 0.0530. The Morgan fingerprint density at radius 3 is 2.76 bits per heavy atom. The van der Waals surface area contributed by atoms with E-state index in [1.54, 1.807) is 6.20 Å². The molecular weight excluding hydrogens is 266 g/mol. The summed E-state index contributed by atoms with van der Waals surface area (Å²) in [6, 6.07) is 7.74. The molecule has 3 rings (SSSR count). The molecule has 0 aliphatic heterocycles. The van der Waals surface area contributed by atoms with Crippen molar-refractivity contribution in [3.8, 4) is 11.1 Å². The minimum absolute atomic E-state index is 0.00554. The fraction of sp³-hybridized carbons (Fsp3) is 0.375. The number of aliphatic hydroxyl groups is 1. The third-order valence-electron chi connectivity index (χ3n) is 4.03. The van der Waals surface area contributed by atoms with Crippen LogP contribution in [0.4, 0.5) is 5.69 Å². The van der Waals surface area contributed by atoms with Gasteiger partial charge in [-0.25, -0.2) is 0 Å². The third kappa shape index (κ3) is 3.31. The van der Waals surface area contributed by atoms with Crippen LogP contribution in [-0.2, 0) is 4.79 Å². The lowest BCUT2D eigenvalue weighted by Crippen LogP contribution is -2.28. The van der Waals surface area contributed by atoms with Crippen LogP contribution in [0.2, 0.25) is 0 Å². The predicted molar refractivity (Wildman–Crippen MR) is 80.6 cm³/mol. The highest BCUT2D eigenvalue weighted by Gasteiger charge is 2.25. The molecule has 0 atom stereocenters. The monoisotopic (exact) mass is 285 g/mol. The van der Waals surface area contributed by atoms with Crippen molar-refractivity contribution in [1.82, 2.24) is 10.2 Å². The van der Waals surface area contributed by atoms with Crippen LogP contribution in [-0.4, -0.2) is 27.3 Å². The second-order valence-corrected chi connectivity index (χ2v) is 5.56. The first-order valence-corrected chi connectivity index (χ1v) is 7.30. The Balaban J connectivity index is 1.67. The van der Waals surface area contributed by atoms with E-state index in [1.807, 2.05) is 30.5 Å². The summed E-state index contributed by atoms with van der Waals surface area (Å²) in [6.45, 7) is 0. The SMILES string of the molecule is O=C(Nc1cccc(-c2cn[nH]c2)c1)C1CCC(O)CC1. The van der Waals surface area contributed by atoms with Crippen molar-refractivity contribution in [2.75, 3.05) is 5.32 Å². The minimum atomic E-state index is -0.238. The van der Waals surface area contributed by atoms with E-state index in [0.29, 0.717) is 12.8 Å².